The van der Waals surface area contributed by atoms with Crippen LogP contribution in [0.5, 0.6) is 0 Å². The third-order valence-corrected chi connectivity index (χ3v) is 2.92. The summed E-state index contributed by atoms with van der Waals surface area (Å²) in [5.74, 6) is -2.02. The van der Waals surface area contributed by atoms with Gasteiger partial charge in [0.25, 0.3) is 5.91 Å². The number of hydrogen-bond acceptors (Lipinski definition) is 6. The number of ether oxygens (including phenoxy) is 1. The SMILES string of the molecule is CNC(=O)CNC(=O)COC(=O)c1cc2ccccc2oc1=O. The molecule has 8 nitrogen and oxygen atoms in total. The van der Waals surface area contributed by atoms with Crippen molar-refractivity contribution in [1.82, 2.24) is 10.6 Å². The number of nitrogens with one attached hydrogen (secondary N) is 2. The van der Waals surface area contributed by atoms with Crippen LogP contribution in [-0.4, -0.2) is 38.0 Å². The number of carbonyl (C=O) groups is 3. The summed E-state index contributed by atoms with van der Waals surface area (Å²) in [6, 6.07) is 8.03. The van der Waals surface area contributed by atoms with E-state index >= 15 is 0 Å². The molecule has 0 saturated carbocycles. The number of rotatable bonds is 5. The highest BCUT2D eigenvalue weighted by atomic mass is 16.5. The summed E-state index contributed by atoms with van der Waals surface area (Å²) in [6.07, 6.45) is 0. The van der Waals surface area contributed by atoms with Crippen molar-refractivity contribution in [3.05, 3.63) is 46.3 Å². The fourth-order valence-electron chi connectivity index (χ4n) is 1.73. The number of esters is 1. The lowest BCUT2D eigenvalue weighted by Crippen LogP contribution is -2.37. The summed E-state index contributed by atoms with van der Waals surface area (Å²) in [6.45, 7) is -0.840. The van der Waals surface area contributed by atoms with Gasteiger partial charge in [0.1, 0.15) is 11.1 Å². The lowest BCUT2D eigenvalue weighted by molar-refractivity contribution is -0.127. The average Bonchev–Trinajstić information content (AvgIpc) is 2.56. The van der Waals surface area contributed by atoms with Crippen molar-refractivity contribution in [3.8, 4) is 0 Å². The zero-order valence-corrected chi connectivity index (χ0v) is 12.3. The van der Waals surface area contributed by atoms with Crippen LogP contribution in [0.2, 0.25) is 0 Å². The molecule has 23 heavy (non-hydrogen) atoms. The topological polar surface area (TPSA) is 115 Å². The van der Waals surface area contributed by atoms with Gasteiger partial charge in [-0.1, -0.05) is 18.2 Å². The molecule has 0 bridgehead atoms. The zero-order valence-electron chi connectivity index (χ0n) is 12.3. The normalized spacial score (nSPS) is 10.1. The number of fused-ring (bicyclic) bond motifs is 1. The monoisotopic (exact) mass is 318 g/mol. The van der Waals surface area contributed by atoms with Crippen molar-refractivity contribution in [2.75, 3.05) is 20.2 Å². The first-order valence-electron chi connectivity index (χ1n) is 6.68. The third-order valence-electron chi connectivity index (χ3n) is 2.92. The van der Waals surface area contributed by atoms with E-state index in [1.165, 1.54) is 13.1 Å². The Hall–Kier alpha value is -3.16. The van der Waals surface area contributed by atoms with E-state index in [2.05, 4.69) is 10.6 Å². The average molecular weight is 318 g/mol. The second kappa shape index (κ2) is 7.21. The minimum absolute atomic E-state index is 0.231. The van der Waals surface area contributed by atoms with Gasteiger partial charge in [0.05, 0.1) is 6.54 Å². The van der Waals surface area contributed by atoms with Crippen LogP contribution < -0.4 is 16.3 Å². The molecule has 0 saturated heterocycles. The summed E-state index contributed by atoms with van der Waals surface area (Å²) >= 11 is 0. The fraction of sp³-hybridized carbons (Fsp3) is 0.200. The van der Waals surface area contributed by atoms with Crippen LogP contribution in [0.1, 0.15) is 10.4 Å². The van der Waals surface area contributed by atoms with E-state index in [0.29, 0.717) is 11.0 Å². The van der Waals surface area contributed by atoms with Crippen LogP contribution >= 0.6 is 0 Å². The first kappa shape index (κ1) is 16.2. The summed E-state index contributed by atoms with van der Waals surface area (Å²) in [7, 11) is 1.42. The summed E-state index contributed by atoms with van der Waals surface area (Å²) < 4.78 is 9.75. The molecule has 0 fully saturated rings. The summed E-state index contributed by atoms with van der Waals surface area (Å²) in [5.41, 5.74) is -0.806. The van der Waals surface area contributed by atoms with Crippen LogP contribution in [-0.2, 0) is 14.3 Å². The molecule has 0 spiro atoms. The molecule has 1 aromatic heterocycles. The lowest BCUT2D eigenvalue weighted by atomic mass is 10.2. The number of benzene rings is 1. The predicted octanol–water partition coefficient (Wildman–Crippen LogP) is -0.188. The van der Waals surface area contributed by atoms with E-state index in [-0.39, 0.29) is 18.0 Å². The molecule has 0 radical (unpaired) electrons. The summed E-state index contributed by atoms with van der Waals surface area (Å²) in [5, 5.41) is 5.13. The number of likely N-dealkylation sites (N-methyl/N-ethyl adjacent to an activating group) is 1. The second-order valence-electron chi connectivity index (χ2n) is 4.51. The van der Waals surface area contributed by atoms with E-state index in [1.807, 2.05) is 0 Å². The molecular weight excluding hydrogens is 304 g/mol. The second-order valence-corrected chi connectivity index (χ2v) is 4.51. The fourth-order valence-corrected chi connectivity index (χ4v) is 1.73. The number of amides is 2. The highest BCUT2D eigenvalue weighted by Gasteiger charge is 2.16. The van der Waals surface area contributed by atoms with Gasteiger partial charge in [-0.2, -0.15) is 0 Å². The van der Waals surface area contributed by atoms with E-state index < -0.39 is 24.1 Å². The van der Waals surface area contributed by atoms with Gasteiger partial charge in [0.15, 0.2) is 6.61 Å². The molecule has 1 heterocycles. The Balaban J connectivity index is 2.01. The van der Waals surface area contributed by atoms with Crippen LogP contribution in [0.4, 0.5) is 0 Å². The molecule has 0 unspecified atom stereocenters. The maximum atomic E-state index is 11.9. The highest BCUT2D eigenvalue weighted by molar-refractivity contribution is 5.94. The molecule has 2 amide bonds. The van der Waals surface area contributed by atoms with Gasteiger partial charge in [-0.05, 0) is 12.1 Å². The highest BCUT2D eigenvalue weighted by Crippen LogP contribution is 2.12. The quantitative estimate of drug-likeness (QED) is 0.583. The lowest BCUT2D eigenvalue weighted by Gasteiger charge is -2.06. The van der Waals surface area contributed by atoms with E-state index in [1.54, 1.807) is 24.3 Å². The van der Waals surface area contributed by atoms with E-state index in [0.717, 1.165) is 0 Å². The molecule has 2 aromatic rings. The molecule has 2 rings (SSSR count). The standard InChI is InChI=1S/C15H14N2O6/c1-16-12(18)7-17-13(19)8-22-14(20)10-6-9-4-2-3-5-11(9)23-15(10)21/h2-6H,7-8H2,1H3,(H,16,18)(H,17,19). The van der Waals surface area contributed by atoms with Crippen molar-refractivity contribution in [3.63, 3.8) is 0 Å². The molecule has 8 heteroatoms. The molecule has 0 atom stereocenters. The van der Waals surface area contributed by atoms with Gasteiger partial charge in [-0.15, -0.1) is 0 Å². The molecule has 0 aliphatic carbocycles. The van der Waals surface area contributed by atoms with Gasteiger partial charge in [-0.3, -0.25) is 9.59 Å². The number of para-hydroxylation sites is 1. The maximum Gasteiger partial charge on any atom is 0.351 e. The molecule has 1 aromatic carbocycles. The minimum atomic E-state index is -0.973. The van der Waals surface area contributed by atoms with Gasteiger partial charge in [0.2, 0.25) is 5.91 Å². The van der Waals surface area contributed by atoms with Crippen LogP contribution in [0.15, 0.2) is 39.5 Å². The summed E-state index contributed by atoms with van der Waals surface area (Å²) in [4.78, 5) is 46.0. The van der Waals surface area contributed by atoms with E-state index in [9.17, 15) is 19.2 Å². The van der Waals surface area contributed by atoms with Crippen molar-refractivity contribution in [2.24, 2.45) is 0 Å². The van der Waals surface area contributed by atoms with Crippen molar-refractivity contribution >= 4 is 28.8 Å². The van der Waals surface area contributed by atoms with Crippen molar-refractivity contribution < 1.29 is 23.5 Å². The van der Waals surface area contributed by atoms with Gasteiger partial charge in [0, 0.05) is 12.4 Å². The molecular formula is C15H14N2O6. The first-order valence-corrected chi connectivity index (χ1v) is 6.68. The zero-order chi connectivity index (χ0) is 16.8. The Morgan fingerprint density at radius 2 is 1.91 bits per heavy atom. The molecule has 0 aliphatic heterocycles. The van der Waals surface area contributed by atoms with Crippen molar-refractivity contribution in [2.45, 2.75) is 0 Å². The Bertz CT molecular complexity index is 811. The van der Waals surface area contributed by atoms with Crippen molar-refractivity contribution in [1.29, 1.82) is 0 Å². The Morgan fingerprint density at radius 1 is 1.17 bits per heavy atom. The van der Waals surface area contributed by atoms with Gasteiger partial charge < -0.3 is 19.8 Å². The largest absolute Gasteiger partial charge is 0.452 e. The first-order chi connectivity index (χ1) is 11.0. The Morgan fingerprint density at radius 3 is 2.65 bits per heavy atom. The minimum Gasteiger partial charge on any atom is -0.452 e. The van der Waals surface area contributed by atoms with Gasteiger partial charge >= 0.3 is 11.6 Å². The smallest absolute Gasteiger partial charge is 0.351 e. The number of carbonyl (C=O) groups excluding carboxylic acids is 3. The van der Waals surface area contributed by atoms with Crippen LogP contribution in [0, 0.1) is 0 Å². The van der Waals surface area contributed by atoms with Gasteiger partial charge in [-0.25, -0.2) is 9.59 Å². The van der Waals surface area contributed by atoms with Crippen LogP contribution in [0.25, 0.3) is 11.0 Å². The third kappa shape index (κ3) is 4.16. The Kier molecular flexibility index (Phi) is 5.08. The molecule has 0 aliphatic rings. The predicted molar refractivity (Wildman–Crippen MR) is 79.8 cm³/mol. The molecule has 2 N–H and O–H groups in total. The number of hydrogen-bond donors (Lipinski definition) is 2. The van der Waals surface area contributed by atoms with E-state index in [4.69, 9.17) is 9.15 Å². The maximum absolute atomic E-state index is 11.9. The Labute approximate surface area is 130 Å². The van der Waals surface area contributed by atoms with Crippen LogP contribution in [0.3, 0.4) is 0 Å². The molecule has 120 valence electrons.